The van der Waals surface area contributed by atoms with Crippen molar-refractivity contribution < 1.29 is 13.5 Å². The molecule has 0 N–H and O–H groups in total. The molecule has 1 aromatic heterocycles. The van der Waals surface area contributed by atoms with Gasteiger partial charge in [0, 0.05) is 24.2 Å². The second-order valence-corrected chi connectivity index (χ2v) is 11.4. The van der Waals surface area contributed by atoms with E-state index in [1.54, 1.807) is 6.07 Å². The van der Waals surface area contributed by atoms with Crippen molar-refractivity contribution in [2.75, 3.05) is 38.2 Å². The van der Waals surface area contributed by atoms with Crippen LogP contribution in [0.3, 0.4) is 0 Å². The molecule has 1 saturated carbocycles. The van der Waals surface area contributed by atoms with Gasteiger partial charge in [-0.3, -0.25) is 0 Å². The molecule has 2 fully saturated rings. The summed E-state index contributed by atoms with van der Waals surface area (Å²) in [5.74, 6) is 1.10. The molecule has 3 aromatic rings. The van der Waals surface area contributed by atoms with Crippen LogP contribution in [0.25, 0.3) is 11.3 Å². The number of likely N-dealkylation sites (tertiary alicyclic amines) is 1. The van der Waals surface area contributed by atoms with Crippen molar-refractivity contribution in [3.63, 3.8) is 0 Å². The van der Waals surface area contributed by atoms with Crippen molar-refractivity contribution in [3.05, 3.63) is 70.7 Å². The maximum Gasteiger partial charge on any atom is 0.178 e. The Morgan fingerprint density at radius 1 is 0.947 bits per heavy atom. The molecule has 3 aliphatic rings. The third kappa shape index (κ3) is 5.00. The maximum atomic E-state index is 15.3. The largest absolute Gasteiger partial charge is 0.486 e. The molecule has 6 rings (SSSR count). The molecule has 7 heteroatoms. The zero-order valence-corrected chi connectivity index (χ0v) is 22.5. The lowest BCUT2D eigenvalue weighted by Crippen LogP contribution is -2.38. The zero-order valence-electron chi connectivity index (χ0n) is 22.5. The summed E-state index contributed by atoms with van der Waals surface area (Å²) in [6.07, 6.45) is 6.48. The van der Waals surface area contributed by atoms with Crippen molar-refractivity contribution in [1.82, 2.24) is 14.9 Å². The Hall–Kier alpha value is -3.06. The molecule has 200 valence electrons. The van der Waals surface area contributed by atoms with Crippen molar-refractivity contribution in [2.24, 2.45) is 0 Å². The molecule has 3 heterocycles. The first-order valence-electron chi connectivity index (χ1n) is 13.9. The number of hydrogen-bond acceptors (Lipinski definition) is 5. The topological polar surface area (TPSA) is 41.5 Å². The van der Waals surface area contributed by atoms with Crippen molar-refractivity contribution in [1.29, 1.82) is 0 Å². The fourth-order valence-electron chi connectivity index (χ4n) is 5.93. The SMILES string of the molecule is CC(C)N1CCOc2c(F)cc(-c3nc(Cc4ccc(C5CCN(C)CC5)c(F)c4)ncc3C3CC3)cc21. The average Bonchev–Trinajstić information content (AvgIpc) is 3.75. The van der Waals surface area contributed by atoms with Gasteiger partial charge in [-0.25, -0.2) is 18.7 Å². The molecule has 0 amide bonds. The van der Waals surface area contributed by atoms with Gasteiger partial charge in [-0.15, -0.1) is 0 Å². The van der Waals surface area contributed by atoms with E-state index in [9.17, 15) is 0 Å². The first-order chi connectivity index (χ1) is 18.4. The highest BCUT2D eigenvalue weighted by Crippen LogP contribution is 2.45. The van der Waals surface area contributed by atoms with Gasteiger partial charge in [0.1, 0.15) is 18.2 Å². The van der Waals surface area contributed by atoms with Gasteiger partial charge in [-0.1, -0.05) is 12.1 Å². The van der Waals surface area contributed by atoms with Gasteiger partial charge in [0.25, 0.3) is 0 Å². The number of ether oxygens (including phenoxy) is 1. The Morgan fingerprint density at radius 2 is 1.71 bits per heavy atom. The number of hydrogen-bond donors (Lipinski definition) is 0. The molecule has 0 radical (unpaired) electrons. The van der Waals surface area contributed by atoms with Crippen LogP contribution in [0.1, 0.15) is 73.9 Å². The van der Waals surface area contributed by atoms with Gasteiger partial charge in [0.05, 0.1) is 17.9 Å². The van der Waals surface area contributed by atoms with Gasteiger partial charge in [0.2, 0.25) is 0 Å². The number of nitrogens with zero attached hydrogens (tertiary/aromatic N) is 4. The third-order valence-corrected chi connectivity index (χ3v) is 8.28. The Bertz CT molecular complexity index is 1330. The predicted octanol–water partition coefficient (Wildman–Crippen LogP) is 6.31. The van der Waals surface area contributed by atoms with Crippen LogP contribution in [-0.2, 0) is 6.42 Å². The molecule has 2 aliphatic heterocycles. The van der Waals surface area contributed by atoms with Crippen LogP contribution in [0.5, 0.6) is 5.75 Å². The van der Waals surface area contributed by atoms with E-state index >= 15 is 8.78 Å². The van der Waals surface area contributed by atoms with Crippen LogP contribution in [-0.4, -0.2) is 54.2 Å². The summed E-state index contributed by atoms with van der Waals surface area (Å²) in [5, 5.41) is 0. The number of benzene rings is 2. The first kappa shape index (κ1) is 25.2. The fraction of sp³-hybridized carbons (Fsp3) is 0.484. The zero-order chi connectivity index (χ0) is 26.4. The second kappa shape index (κ2) is 10.3. The number of fused-ring (bicyclic) bond motifs is 1. The Morgan fingerprint density at radius 3 is 2.42 bits per heavy atom. The van der Waals surface area contributed by atoms with E-state index in [4.69, 9.17) is 9.72 Å². The summed E-state index contributed by atoms with van der Waals surface area (Å²) in [6.45, 7) is 7.40. The summed E-state index contributed by atoms with van der Waals surface area (Å²) in [4.78, 5) is 14.1. The highest BCUT2D eigenvalue weighted by Gasteiger charge is 2.30. The molecular weight excluding hydrogens is 482 g/mol. The molecule has 0 spiro atoms. The summed E-state index contributed by atoms with van der Waals surface area (Å²) in [6, 6.07) is 9.36. The van der Waals surface area contributed by atoms with Crippen LogP contribution in [0.15, 0.2) is 36.5 Å². The molecule has 1 aliphatic carbocycles. The van der Waals surface area contributed by atoms with Crippen LogP contribution in [0, 0.1) is 11.6 Å². The second-order valence-electron chi connectivity index (χ2n) is 11.4. The molecule has 0 atom stereocenters. The normalized spacial score (nSPS) is 18.5. The lowest BCUT2D eigenvalue weighted by Gasteiger charge is -2.35. The van der Waals surface area contributed by atoms with E-state index in [0.717, 1.165) is 79.0 Å². The lowest BCUT2D eigenvalue weighted by molar-refractivity contribution is 0.253. The van der Waals surface area contributed by atoms with Crippen molar-refractivity contribution >= 4 is 5.69 Å². The minimum Gasteiger partial charge on any atom is -0.486 e. The number of rotatable bonds is 6. The van der Waals surface area contributed by atoms with Gasteiger partial charge in [-0.2, -0.15) is 0 Å². The summed E-state index contributed by atoms with van der Waals surface area (Å²) in [5.41, 5.74) is 5.01. The minimum absolute atomic E-state index is 0.141. The Labute approximate surface area is 223 Å². The molecule has 0 unspecified atom stereocenters. The van der Waals surface area contributed by atoms with E-state index < -0.39 is 0 Å². The predicted molar refractivity (Wildman–Crippen MR) is 146 cm³/mol. The number of aromatic nitrogens is 2. The highest BCUT2D eigenvalue weighted by molar-refractivity contribution is 5.74. The first-order valence-corrected chi connectivity index (χ1v) is 13.9. The molecule has 2 aromatic carbocycles. The van der Waals surface area contributed by atoms with Crippen LogP contribution in [0.2, 0.25) is 0 Å². The number of piperidine rings is 1. The van der Waals surface area contributed by atoms with Crippen LogP contribution < -0.4 is 9.64 Å². The number of anilines is 1. The molecular formula is C31H36F2N4O. The summed E-state index contributed by atoms with van der Waals surface area (Å²) >= 11 is 0. The van der Waals surface area contributed by atoms with Gasteiger partial charge in [0.15, 0.2) is 11.6 Å². The maximum absolute atomic E-state index is 15.3. The minimum atomic E-state index is -0.365. The summed E-state index contributed by atoms with van der Waals surface area (Å²) in [7, 11) is 2.12. The highest BCUT2D eigenvalue weighted by atomic mass is 19.1. The molecule has 0 bridgehead atoms. The van der Waals surface area contributed by atoms with Crippen LogP contribution in [0.4, 0.5) is 14.5 Å². The fourth-order valence-corrected chi connectivity index (χ4v) is 5.93. The van der Waals surface area contributed by atoms with Gasteiger partial charge in [-0.05, 0) is 106 Å². The Kier molecular flexibility index (Phi) is 6.81. The number of halogens is 2. The standard InChI is InChI=1S/C31H36F2N4O/c1-19(2)37-12-13-38-31-27(33)16-23(17-28(31)37)30-25(21-5-6-21)18-34-29(35-30)15-20-4-7-24(26(32)14-20)22-8-10-36(3)11-9-22/h4,7,14,16-19,21-22H,5-6,8-13,15H2,1-3H3. The van der Waals surface area contributed by atoms with Crippen molar-refractivity contribution in [3.8, 4) is 17.0 Å². The summed E-state index contributed by atoms with van der Waals surface area (Å²) < 4.78 is 36.1. The van der Waals surface area contributed by atoms with E-state index in [1.807, 2.05) is 24.4 Å². The third-order valence-electron chi connectivity index (χ3n) is 8.28. The average molecular weight is 519 g/mol. The molecule has 5 nitrogen and oxygen atoms in total. The van der Waals surface area contributed by atoms with E-state index in [-0.39, 0.29) is 23.6 Å². The van der Waals surface area contributed by atoms with E-state index in [1.165, 1.54) is 6.07 Å². The van der Waals surface area contributed by atoms with E-state index in [0.29, 0.717) is 30.5 Å². The lowest BCUT2D eigenvalue weighted by atomic mass is 9.88. The molecule has 1 saturated heterocycles. The van der Waals surface area contributed by atoms with Gasteiger partial charge >= 0.3 is 0 Å². The van der Waals surface area contributed by atoms with Gasteiger partial charge < -0.3 is 14.5 Å². The van der Waals surface area contributed by atoms with Crippen molar-refractivity contribution in [2.45, 2.75) is 63.8 Å². The Balaban J connectivity index is 1.31. The monoisotopic (exact) mass is 518 g/mol. The van der Waals surface area contributed by atoms with E-state index in [2.05, 4.69) is 35.7 Å². The van der Waals surface area contributed by atoms with Crippen LogP contribution >= 0.6 is 0 Å². The quantitative estimate of drug-likeness (QED) is 0.383. The molecule has 38 heavy (non-hydrogen) atoms. The smallest absolute Gasteiger partial charge is 0.178 e.